The monoisotopic (exact) mass is 478 g/mol. The van der Waals surface area contributed by atoms with Gasteiger partial charge in [-0.3, -0.25) is 0 Å². The van der Waals surface area contributed by atoms with E-state index in [1.165, 1.54) is 0 Å². The highest BCUT2D eigenvalue weighted by Gasteiger charge is 2.25. The van der Waals surface area contributed by atoms with Crippen molar-refractivity contribution in [1.82, 2.24) is 0 Å². The van der Waals surface area contributed by atoms with Gasteiger partial charge < -0.3 is 0 Å². The van der Waals surface area contributed by atoms with Crippen LogP contribution in [0.2, 0.25) is 0 Å². The molecule has 0 saturated carbocycles. The lowest BCUT2D eigenvalue weighted by molar-refractivity contribution is 0.376. The molecule has 0 heterocycles. The first-order valence-corrected chi connectivity index (χ1v) is 8.14. The Bertz CT molecular complexity index is 1400. The average Bonchev–Trinajstić information content (AvgIpc) is 2.83. The van der Waals surface area contributed by atoms with E-state index < -0.39 is 69.3 Å². The molecule has 2 rings (SSSR count). The third-order valence-electron chi connectivity index (χ3n) is 3.36. The first kappa shape index (κ1) is 25.4. The summed E-state index contributed by atoms with van der Waals surface area (Å²) in [5.41, 5.74) is -2.75. The van der Waals surface area contributed by atoms with Crippen LogP contribution in [0.15, 0.2) is 0 Å². The summed E-state index contributed by atoms with van der Waals surface area (Å²) in [6, 6.07) is 0. The highest BCUT2D eigenvalue weighted by atomic mass is 19.2. The third kappa shape index (κ3) is 5.47. The molecular weight excluding hydrogens is 478 g/mol. The molecule has 0 atom stereocenters. The van der Waals surface area contributed by atoms with Gasteiger partial charge >= 0.3 is 0 Å². The highest BCUT2D eigenvalue weighted by molar-refractivity contribution is 5.48. The van der Waals surface area contributed by atoms with E-state index in [0.29, 0.717) is 0 Å². The van der Waals surface area contributed by atoms with Crippen LogP contribution >= 0.6 is 0 Å². The summed E-state index contributed by atoms with van der Waals surface area (Å²) >= 11 is 0. The molecule has 0 bridgehead atoms. The van der Waals surface area contributed by atoms with Crippen molar-refractivity contribution in [1.29, 1.82) is 0 Å². The molecule has 0 N–H and O–H groups in total. The van der Waals surface area contributed by atoms with Gasteiger partial charge in [-0.2, -0.15) is 0 Å². The fourth-order valence-electron chi connectivity index (χ4n) is 1.87. The van der Waals surface area contributed by atoms with Gasteiger partial charge in [-0.25, -0.2) is 43.9 Å². The summed E-state index contributed by atoms with van der Waals surface area (Å²) in [6.45, 7) is 0. The fraction of sp³-hybridized carbons (Fsp3) is 0. The largest absolute Gasteiger partial charge is 0.202 e. The second kappa shape index (κ2) is 11.1. The highest BCUT2D eigenvalue weighted by Crippen LogP contribution is 2.23. The molecule has 10 heteroatoms. The smallest absolute Gasteiger partial charge is 0.200 e. The Morgan fingerprint density at radius 3 is 0.647 bits per heavy atom. The van der Waals surface area contributed by atoms with Crippen molar-refractivity contribution in [3.63, 3.8) is 0 Å². The predicted octanol–water partition coefficient (Wildman–Crippen LogP) is 4.49. The van der Waals surface area contributed by atoms with Crippen LogP contribution in [-0.2, 0) is 0 Å². The van der Waals surface area contributed by atoms with E-state index in [2.05, 4.69) is 23.7 Å². The third-order valence-corrected chi connectivity index (χ3v) is 3.36. The summed E-state index contributed by atoms with van der Waals surface area (Å²) in [4.78, 5) is 0. The Hall–Kier alpha value is -4.90. The van der Waals surface area contributed by atoms with E-state index in [-0.39, 0.29) is 0 Å². The number of benzene rings is 2. The van der Waals surface area contributed by atoms with Gasteiger partial charge in [0.1, 0.15) is 11.1 Å². The van der Waals surface area contributed by atoms with Gasteiger partial charge in [-0.15, -0.1) is 0 Å². The number of hydrogen-bond acceptors (Lipinski definition) is 0. The van der Waals surface area contributed by atoms with E-state index in [0.717, 1.165) is 0 Å². The minimum absolute atomic E-state index is 1.37. The standard InChI is InChI=1S/C24F10/c25-15-13(16(26)20(30)23(33)19(15)29)11-9-7-5-3-1-2-4-6-8-10-12-14-17(27)21(31)24(34)22(32)18(14)28. The van der Waals surface area contributed by atoms with Gasteiger partial charge in [0, 0.05) is 0 Å². The molecule has 166 valence electrons. The van der Waals surface area contributed by atoms with Gasteiger partial charge in [0.05, 0.1) is 0 Å². The van der Waals surface area contributed by atoms with E-state index in [4.69, 9.17) is 0 Å². The van der Waals surface area contributed by atoms with Crippen LogP contribution in [0, 0.1) is 129 Å². The number of rotatable bonds is 0. The van der Waals surface area contributed by atoms with Crippen LogP contribution < -0.4 is 0 Å². The Morgan fingerprint density at radius 2 is 0.412 bits per heavy atom. The summed E-state index contributed by atoms with van der Waals surface area (Å²) in [5.74, 6) is 1.51. The molecule has 0 aliphatic rings. The van der Waals surface area contributed by atoms with Crippen LogP contribution in [-0.4, -0.2) is 0 Å². The second-order valence-corrected chi connectivity index (χ2v) is 5.39. The molecule has 0 aliphatic heterocycles. The zero-order valence-electron chi connectivity index (χ0n) is 15.8. The van der Waals surface area contributed by atoms with Crippen LogP contribution in [0.4, 0.5) is 43.9 Å². The normalized spacial score (nSPS) is 8.65. The maximum atomic E-state index is 13.4. The van der Waals surface area contributed by atoms with E-state index in [1.54, 1.807) is 11.8 Å². The quantitative estimate of drug-likeness (QED) is 0.227. The summed E-state index contributed by atoms with van der Waals surface area (Å²) in [7, 11) is 0. The molecule has 0 radical (unpaired) electrons. The minimum Gasteiger partial charge on any atom is -0.202 e. The number of hydrogen-bond donors (Lipinski definition) is 0. The summed E-state index contributed by atoms with van der Waals surface area (Å²) in [5, 5.41) is 0. The topological polar surface area (TPSA) is 0 Å². The van der Waals surface area contributed by atoms with Crippen molar-refractivity contribution in [3.05, 3.63) is 69.3 Å². The lowest BCUT2D eigenvalue weighted by Gasteiger charge is -2.01. The molecule has 0 aliphatic carbocycles. The van der Waals surface area contributed by atoms with Crippen molar-refractivity contribution in [2.45, 2.75) is 0 Å². The average molecular weight is 478 g/mol. The van der Waals surface area contributed by atoms with Crippen molar-refractivity contribution >= 4 is 0 Å². The molecular formula is C24F10. The predicted molar refractivity (Wildman–Crippen MR) is 97.3 cm³/mol. The van der Waals surface area contributed by atoms with Crippen molar-refractivity contribution < 1.29 is 43.9 Å². The molecule has 2 aromatic carbocycles. The van der Waals surface area contributed by atoms with Crippen molar-refractivity contribution in [3.8, 4) is 71.0 Å². The maximum absolute atomic E-state index is 13.4. The van der Waals surface area contributed by atoms with Crippen LogP contribution in [0.25, 0.3) is 0 Å². The molecule has 2 aromatic rings. The van der Waals surface area contributed by atoms with Crippen LogP contribution in [0.5, 0.6) is 0 Å². The fourth-order valence-corrected chi connectivity index (χ4v) is 1.87. The Kier molecular flexibility index (Phi) is 8.29. The molecule has 0 amide bonds. The molecule has 0 fully saturated rings. The SMILES string of the molecule is Fc1c(F)c(F)c(C#CC#CC#CC#CC#CC#Cc2c(F)c(F)c(F)c(F)c2F)c(F)c1F. The first-order valence-electron chi connectivity index (χ1n) is 8.14. The van der Waals surface area contributed by atoms with Gasteiger partial charge in [-0.1, -0.05) is 0 Å². The zero-order valence-corrected chi connectivity index (χ0v) is 15.8. The van der Waals surface area contributed by atoms with Crippen LogP contribution in [0.1, 0.15) is 11.1 Å². The van der Waals surface area contributed by atoms with Crippen molar-refractivity contribution in [2.75, 3.05) is 0 Å². The Morgan fingerprint density at radius 1 is 0.235 bits per heavy atom. The number of halogens is 10. The van der Waals surface area contributed by atoms with E-state index in [9.17, 15) is 43.9 Å². The van der Waals surface area contributed by atoms with Gasteiger partial charge in [-0.05, 0) is 71.0 Å². The van der Waals surface area contributed by atoms with Gasteiger partial charge in [0.2, 0.25) is 11.6 Å². The molecule has 0 aromatic heterocycles. The minimum atomic E-state index is -2.33. The van der Waals surface area contributed by atoms with Crippen LogP contribution in [0.3, 0.4) is 0 Å². The van der Waals surface area contributed by atoms with Gasteiger partial charge in [0.15, 0.2) is 46.5 Å². The lowest BCUT2D eigenvalue weighted by atomic mass is 10.1. The molecule has 0 saturated heterocycles. The molecule has 34 heavy (non-hydrogen) atoms. The molecule has 0 spiro atoms. The molecule has 0 nitrogen and oxygen atoms in total. The van der Waals surface area contributed by atoms with Crippen molar-refractivity contribution in [2.24, 2.45) is 0 Å². The second-order valence-electron chi connectivity index (χ2n) is 5.39. The van der Waals surface area contributed by atoms with E-state index in [1.807, 2.05) is 35.5 Å². The van der Waals surface area contributed by atoms with Gasteiger partial charge in [0.25, 0.3) is 0 Å². The summed E-state index contributed by atoms with van der Waals surface area (Å²) in [6.07, 6.45) is 0. The first-order chi connectivity index (χ1) is 16.1. The Balaban J connectivity index is 2.10. The lowest BCUT2D eigenvalue weighted by Crippen LogP contribution is -2.04. The Labute approximate surface area is 185 Å². The maximum Gasteiger partial charge on any atom is 0.200 e. The summed E-state index contributed by atoms with van der Waals surface area (Å²) < 4.78 is 131. The molecule has 0 unspecified atom stereocenters. The zero-order chi connectivity index (χ0) is 25.4. The van der Waals surface area contributed by atoms with E-state index >= 15 is 0 Å².